The van der Waals surface area contributed by atoms with Gasteiger partial charge in [-0.25, -0.2) is 0 Å². The number of benzene rings is 1. The van der Waals surface area contributed by atoms with Crippen molar-refractivity contribution in [3.05, 3.63) is 30.1 Å². The fraction of sp³-hybridized carbons (Fsp3) is 0.333. The summed E-state index contributed by atoms with van der Waals surface area (Å²) in [5, 5.41) is 8.22. The zero-order valence-electron chi connectivity index (χ0n) is 9.22. The topological polar surface area (TPSA) is 56.7 Å². The van der Waals surface area contributed by atoms with E-state index in [4.69, 9.17) is 5.73 Å². The molecule has 0 bridgehead atoms. The SMILES string of the molecule is Cc1cc(N)ccc1-c1nncn1C1CC1. The van der Waals surface area contributed by atoms with Gasteiger partial charge in [-0.2, -0.15) is 0 Å². The summed E-state index contributed by atoms with van der Waals surface area (Å²) < 4.78 is 2.17. The van der Waals surface area contributed by atoms with E-state index in [1.807, 2.05) is 24.5 Å². The maximum Gasteiger partial charge on any atom is 0.164 e. The van der Waals surface area contributed by atoms with Crippen LogP contribution in [-0.2, 0) is 0 Å². The van der Waals surface area contributed by atoms with Crippen LogP contribution in [0.1, 0.15) is 24.4 Å². The first-order valence-electron chi connectivity index (χ1n) is 5.52. The highest BCUT2D eigenvalue weighted by Gasteiger charge is 2.26. The van der Waals surface area contributed by atoms with Gasteiger partial charge >= 0.3 is 0 Å². The first-order valence-corrected chi connectivity index (χ1v) is 5.52. The lowest BCUT2D eigenvalue weighted by molar-refractivity contribution is 0.745. The van der Waals surface area contributed by atoms with Crippen LogP contribution < -0.4 is 5.73 Å². The van der Waals surface area contributed by atoms with E-state index in [9.17, 15) is 0 Å². The Morgan fingerprint density at radius 2 is 2.19 bits per heavy atom. The van der Waals surface area contributed by atoms with Gasteiger partial charge in [0.15, 0.2) is 5.82 Å². The van der Waals surface area contributed by atoms with Gasteiger partial charge < -0.3 is 10.3 Å². The predicted octanol–water partition coefficient (Wildman–Crippen LogP) is 2.17. The molecule has 2 aromatic rings. The molecule has 0 spiro atoms. The van der Waals surface area contributed by atoms with Crippen LogP contribution >= 0.6 is 0 Å². The molecular weight excluding hydrogens is 200 g/mol. The summed E-state index contributed by atoms with van der Waals surface area (Å²) in [7, 11) is 0. The Morgan fingerprint density at radius 3 is 2.88 bits per heavy atom. The molecule has 1 aliphatic carbocycles. The maximum atomic E-state index is 5.75. The number of rotatable bonds is 2. The third kappa shape index (κ3) is 1.46. The Kier molecular flexibility index (Phi) is 1.96. The number of aryl methyl sites for hydroxylation is 1. The van der Waals surface area contributed by atoms with Crippen LogP contribution in [-0.4, -0.2) is 14.8 Å². The van der Waals surface area contributed by atoms with E-state index in [1.54, 1.807) is 0 Å². The molecule has 0 saturated heterocycles. The summed E-state index contributed by atoms with van der Waals surface area (Å²) in [6.45, 7) is 2.05. The van der Waals surface area contributed by atoms with Crippen molar-refractivity contribution < 1.29 is 0 Å². The van der Waals surface area contributed by atoms with E-state index in [0.717, 1.165) is 22.6 Å². The molecule has 2 N–H and O–H groups in total. The van der Waals surface area contributed by atoms with Gasteiger partial charge in [0.1, 0.15) is 6.33 Å². The van der Waals surface area contributed by atoms with Gasteiger partial charge in [-0.05, 0) is 43.5 Å². The molecule has 82 valence electrons. The summed E-state index contributed by atoms with van der Waals surface area (Å²) in [4.78, 5) is 0. The smallest absolute Gasteiger partial charge is 0.164 e. The zero-order chi connectivity index (χ0) is 11.1. The van der Waals surface area contributed by atoms with Crippen molar-refractivity contribution in [2.75, 3.05) is 5.73 Å². The summed E-state index contributed by atoms with van der Waals surface area (Å²) in [6, 6.07) is 6.50. The lowest BCUT2D eigenvalue weighted by atomic mass is 10.1. The molecule has 1 fully saturated rings. The highest BCUT2D eigenvalue weighted by Crippen LogP contribution is 2.38. The molecule has 0 unspecified atom stereocenters. The number of aromatic nitrogens is 3. The quantitative estimate of drug-likeness (QED) is 0.779. The standard InChI is InChI=1S/C12H14N4/c1-8-6-9(13)2-5-11(8)12-15-14-7-16(12)10-3-4-10/h2,5-7,10H,3-4,13H2,1H3. The molecule has 1 aliphatic rings. The average molecular weight is 214 g/mol. The van der Waals surface area contributed by atoms with Crippen molar-refractivity contribution in [1.82, 2.24) is 14.8 Å². The molecule has 3 rings (SSSR count). The van der Waals surface area contributed by atoms with Crippen molar-refractivity contribution >= 4 is 5.69 Å². The van der Waals surface area contributed by atoms with Crippen molar-refractivity contribution in [3.63, 3.8) is 0 Å². The minimum Gasteiger partial charge on any atom is -0.399 e. The molecule has 1 aromatic carbocycles. The van der Waals surface area contributed by atoms with Gasteiger partial charge in [-0.3, -0.25) is 0 Å². The Hall–Kier alpha value is -1.84. The fourth-order valence-corrected chi connectivity index (χ4v) is 1.99. The van der Waals surface area contributed by atoms with Gasteiger partial charge in [0.2, 0.25) is 0 Å². The predicted molar refractivity (Wildman–Crippen MR) is 62.9 cm³/mol. The van der Waals surface area contributed by atoms with Crippen LogP contribution in [0.2, 0.25) is 0 Å². The minimum atomic E-state index is 0.599. The van der Waals surface area contributed by atoms with Gasteiger partial charge in [0.05, 0.1) is 0 Å². The number of hydrogen-bond acceptors (Lipinski definition) is 3. The van der Waals surface area contributed by atoms with E-state index in [-0.39, 0.29) is 0 Å². The van der Waals surface area contributed by atoms with Crippen molar-refractivity contribution in [2.24, 2.45) is 0 Å². The Balaban J connectivity index is 2.10. The lowest BCUT2D eigenvalue weighted by Crippen LogP contribution is -1.98. The third-order valence-corrected chi connectivity index (χ3v) is 3.00. The lowest BCUT2D eigenvalue weighted by Gasteiger charge is -2.08. The third-order valence-electron chi connectivity index (χ3n) is 3.00. The fourth-order valence-electron chi connectivity index (χ4n) is 1.99. The molecule has 0 amide bonds. The highest BCUT2D eigenvalue weighted by atomic mass is 15.3. The van der Waals surface area contributed by atoms with Crippen molar-refractivity contribution in [1.29, 1.82) is 0 Å². The average Bonchev–Trinajstić information content (AvgIpc) is 2.98. The number of nitrogen functional groups attached to an aromatic ring is 1. The van der Waals surface area contributed by atoms with E-state index in [1.165, 1.54) is 12.8 Å². The Morgan fingerprint density at radius 1 is 1.38 bits per heavy atom. The zero-order valence-corrected chi connectivity index (χ0v) is 9.22. The molecule has 4 nitrogen and oxygen atoms in total. The van der Waals surface area contributed by atoms with Crippen molar-refractivity contribution in [2.45, 2.75) is 25.8 Å². The number of anilines is 1. The molecule has 0 radical (unpaired) electrons. The summed E-state index contributed by atoms with van der Waals surface area (Å²) >= 11 is 0. The molecule has 4 heteroatoms. The van der Waals surface area contributed by atoms with E-state index in [2.05, 4.69) is 21.7 Å². The highest BCUT2D eigenvalue weighted by molar-refractivity contribution is 5.64. The summed E-state index contributed by atoms with van der Waals surface area (Å²) in [6.07, 6.45) is 4.29. The number of nitrogens with two attached hydrogens (primary N) is 1. The molecule has 0 atom stereocenters. The number of nitrogens with zero attached hydrogens (tertiary/aromatic N) is 3. The summed E-state index contributed by atoms with van der Waals surface area (Å²) in [5.74, 6) is 0.958. The second-order valence-corrected chi connectivity index (χ2v) is 4.37. The maximum absolute atomic E-state index is 5.75. The molecule has 1 heterocycles. The van der Waals surface area contributed by atoms with Crippen LogP contribution in [0.25, 0.3) is 11.4 Å². The van der Waals surface area contributed by atoms with Gasteiger partial charge in [-0.1, -0.05) is 0 Å². The molecule has 16 heavy (non-hydrogen) atoms. The Bertz CT molecular complexity index is 526. The summed E-state index contributed by atoms with van der Waals surface area (Å²) in [5.41, 5.74) is 8.81. The van der Waals surface area contributed by atoms with Crippen LogP contribution in [0.4, 0.5) is 5.69 Å². The second-order valence-electron chi connectivity index (χ2n) is 4.37. The van der Waals surface area contributed by atoms with Gasteiger partial charge in [0.25, 0.3) is 0 Å². The Labute approximate surface area is 94.1 Å². The molecular formula is C12H14N4. The van der Waals surface area contributed by atoms with E-state index in [0.29, 0.717) is 6.04 Å². The van der Waals surface area contributed by atoms with E-state index < -0.39 is 0 Å². The van der Waals surface area contributed by atoms with Gasteiger partial charge in [-0.15, -0.1) is 10.2 Å². The van der Waals surface area contributed by atoms with Crippen molar-refractivity contribution in [3.8, 4) is 11.4 Å². The second kappa shape index (κ2) is 3.33. The van der Waals surface area contributed by atoms with Crippen LogP contribution in [0.5, 0.6) is 0 Å². The number of hydrogen-bond donors (Lipinski definition) is 1. The normalized spacial score (nSPS) is 15.3. The van der Waals surface area contributed by atoms with Gasteiger partial charge in [0, 0.05) is 17.3 Å². The van der Waals surface area contributed by atoms with Crippen LogP contribution in [0.3, 0.4) is 0 Å². The first kappa shape index (κ1) is 9.39. The van der Waals surface area contributed by atoms with E-state index >= 15 is 0 Å². The monoisotopic (exact) mass is 214 g/mol. The van der Waals surface area contributed by atoms with Crippen LogP contribution in [0, 0.1) is 6.92 Å². The first-order chi connectivity index (χ1) is 7.75. The van der Waals surface area contributed by atoms with Crippen LogP contribution in [0.15, 0.2) is 24.5 Å². The molecule has 0 aliphatic heterocycles. The largest absolute Gasteiger partial charge is 0.399 e. The minimum absolute atomic E-state index is 0.599. The molecule has 1 saturated carbocycles. The molecule has 1 aromatic heterocycles.